The molecule has 2 aliphatic heterocycles. The third-order valence-corrected chi connectivity index (χ3v) is 6.85. The molecule has 0 saturated carbocycles. The zero-order valence-electron chi connectivity index (χ0n) is 18.5. The number of phosphoric acid groups is 1. The minimum absolute atomic E-state index is 0.0168. The fraction of sp³-hybridized carbons (Fsp3) is 0.474. The molecule has 0 radical (unpaired) electrons. The van der Waals surface area contributed by atoms with Crippen molar-refractivity contribution < 1.29 is 44.0 Å². The van der Waals surface area contributed by atoms with Crippen LogP contribution in [0.4, 0.5) is 4.39 Å². The lowest BCUT2D eigenvalue weighted by atomic mass is 10.1. The summed E-state index contributed by atoms with van der Waals surface area (Å²) in [6, 6.07) is 3.55. The largest absolute Gasteiger partial charge is 0.530 e. The molecule has 1 saturated heterocycles. The van der Waals surface area contributed by atoms with Gasteiger partial charge in [-0.1, -0.05) is 29.9 Å². The minimum Gasteiger partial charge on any atom is -0.403 e. The number of benzene rings is 1. The highest BCUT2D eigenvalue weighted by molar-refractivity contribution is 7.71. The van der Waals surface area contributed by atoms with Crippen LogP contribution in [-0.2, 0) is 31.6 Å². The molecule has 1 fully saturated rings. The van der Waals surface area contributed by atoms with E-state index in [1.807, 2.05) is 6.92 Å². The quantitative estimate of drug-likeness (QED) is 0.349. The van der Waals surface area contributed by atoms with Crippen LogP contribution in [0.25, 0.3) is 0 Å². The number of rotatable bonds is 5. The Morgan fingerprint density at radius 3 is 2.88 bits per heavy atom. The summed E-state index contributed by atoms with van der Waals surface area (Å²) < 4.78 is 57.8. The van der Waals surface area contributed by atoms with Crippen LogP contribution in [0.3, 0.4) is 0 Å². The molecule has 5 atom stereocenters. The summed E-state index contributed by atoms with van der Waals surface area (Å²) in [6.07, 6.45) is -6.68. The number of halogens is 1. The van der Waals surface area contributed by atoms with Crippen molar-refractivity contribution in [3.05, 3.63) is 55.7 Å². The number of aromatic nitrogens is 2. The van der Waals surface area contributed by atoms with Crippen molar-refractivity contribution in [1.29, 1.82) is 0 Å². The number of aliphatic hydroxyl groups is 3. The third-order valence-electron chi connectivity index (χ3n) is 5.19. The Morgan fingerprint density at radius 2 is 2.18 bits per heavy atom. The lowest BCUT2D eigenvalue weighted by Crippen LogP contribution is -2.43. The predicted octanol–water partition coefficient (Wildman–Crippen LogP) is 1.67. The average Bonchev–Trinajstić information content (AvgIpc) is 2.94. The van der Waals surface area contributed by atoms with Crippen LogP contribution in [0.15, 0.2) is 23.1 Å². The second-order valence-corrected chi connectivity index (χ2v) is 9.71. The van der Waals surface area contributed by atoms with Gasteiger partial charge in [-0.2, -0.15) is 0 Å². The van der Waals surface area contributed by atoms with Crippen LogP contribution in [0, 0.1) is 18.5 Å². The number of aliphatic hydroxyl groups excluding tert-OH is 3. The smallest absolute Gasteiger partial charge is 0.403 e. The summed E-state index contributed by atoms with van der Waals surface area (Å²) in [5, 5.41) is 30.1. The van der Waals surface area contributed by atoms with Crippen LogP contribution in [0.2, 0.25) is 0 Å². The van der Waals surface area contributed by atoms with Crippen LogP contribution in [0.5, 0.6) is 5.75 Å². The van der Waals surface area contributed by atoms with Crippen molar-refractivity contribution in [1.82, 2.24) is 9.55 Å². The highest BCUT2D eigenvalue weighted by Crippen LogP contribution is 2.56. The number of fused-ring (bicyclic) bond motifs is 1. The van der Waals surface area contributed by atoms with Crippen LogP contribution >= 0.6 is 20.0 Å². The molecular weight excluding hydrogens is 482 g/mol. The maximum Gasteiger partial charge on any atom is 0.530 e. The Morgan fingerprint density at radius 1 is 1.45 bits per heavy atom. The zero-order valence-corrected chi connectivity index (χ0v) is 19.2. The van der Waals surface area contributed by atoms with E-state index in [4.69, 9.17) is 31.9 Å². The second kappa shape index (κ2) is 8.67. The third kappa shape index (κ3) is 4.43. The van der Waals surface area contributed by atoms with Gasteiger partial charge in [0.25, 0.3) is 5.85 Å². The number of alkyl halides is 1. The fourth-order valence-electron chi connectivity index (χ4n) is 3.56. The van der Waals surface area contributed by atoms with Crippen LogP contribution < -0.4 is 10.2 Å². The standard InChI is InChI=1S/C19H22FN2O9PS/c1-9-3-10(2)14-11(4-9)7-28-32(27,31-14)29-8-19(20)15(25)13(24)17(30-19)22-5-12(6-23)16(33)21-18(22)26/h3-5,13,15,17,23-25H,6-8H2,1-2H3,(H,21,26,33)/t13-,15+,17-,19-,32?/m1/s1/i17D. The van der Waals surface area contributed by atoms with E-state index in [9.17, 15) is 24.7 Å². The zero-order chi connectivity index (χ0) is 25.1. The molecule has 11 nitrogen and oxygen atoms in total. The lowest BCUT2D eigenvalue weighted by Gasteiger charge is -2.29. The first kappa shape index (κ1) is 22.8. The summed E-state index contributed by atoms with van der Waals surface area (Å²) in [7, 11) is -4.37. The minimum atomic E-state index is -4.37. The van der Waals surface area contributed by atoms with E-state index < -0.39 is 51.0 Å². The maximum absolute atomic E-state index is 15.6. The van der Waals surface area contributed by atoms with Crippen molar-refractivity contribution in [3.8, 4) is 5.75 Å². The van der Waals surface area contributed by atoms with Crippen molar-refractivity contribution in [2.75, 3.05) is 6.61 Å². The molecule has 14 heteroatoms. The molecule has 4 rings (SSSR count). The lowest BCUT2D eigenvalue weighted by molar-refractivity contribution is -0.205. The van der Waals surface area contributed by atoms with Gasteiger partial charge in [0.1, 0.15) is 29.2 Å². The van der Waals surface area contributed by atoms with Crippen molar-refractivity contribution in [3.63, 3.8) is 0 Å². The number of aromatic amines is 1. The van der Waals surface area contributed by atoms with Crippen molar-refractivity contribution >= 4 is 20.0 Å². The molecule has 3 heterocycles. The molecule has 2 aliphatic rings. The summed E-state index contributed by atoms with van der Waals surface area (Å²) >= 11 is 4.88. The van der Waals surface area contributed by atoms with Gasteiger partial charge in [0.05, 0.1) is 14.6 Å². The van der Waals surface area contributed by atoms with Crippen LogP contribution in [0.1, 0.15) is 29.8 Å². The van der Waals surface area contributed by atoms with Crippen molar-refractivity contribution in [2.45, 2.75) is 51.3 Å². The number of ether oxygens (including phenoxy) is 1. The van der Waals surface area contributed by atoms with E-state index in [0.717, 1.165) is 11.8 Å². The highest BCUT2D eigenvalue weighted by Gasteiger charge is 2.57. The van der Waals surface area contributed by atoms with E-state index in [0.29, 0.717) is 15.7 Å². The maximum atomic E-state index is 15.6. The van der Waals surface area contributed by atoms with Gasteiger partial charge in [0, 0.05) is 17.3 Å². The number of nitrogens with one attached hydrogen (secondary N) is 1. The SMILES string of the molecule is [2H][C@@]1(n2cc(CO)c(=S)[nH]c2=O)O[C@](F)(COP2(=O)OCc3cc(C)cc(C)c3O2)[C@@H](O)[C@H]1O. The number of phosphoric ester groups is 1. The molecule has 4 N–H and O–H groups in total. The van der Waals surface area contributed by atoms with Gasteiger partial charge in [-0.3, -0.25) is 18.6 Å². The Labute approximate surface area is 193 Å². The molecule has 0 bridgehead atoms. The first-order valence-electron chi connectivity index (χ1n) is 10.2. The molecule has 0 spiro atoms. The Kier molecular flexibility index (Phi) is 6.00. The monoisotopic (exact) mass is 505 g/mol. The van der Waals surface area contributed by atoms with Gasteiger partial charge >= 0.3 is 13.5 Å². The number of H-pyrrole nitrogens is 1. The molecule has 1 aromatic heterocycles. The van der Waals surface area contributed by atoms with Gasteiger partial charge < -0.3 is 24.6 Å². The van der Waals surface area contributed by atoms with Gasteiger partial charge in [-0.05, 0) is 19.4 Å². The molecule has 33 heavy (non-hydrogen) atoms. The number of aryl methyl sites for hydroxylation is 2. The van der Waals surface area contributed by atoms with Crippen molar-refractivity contribution in [2.24, 2.45) is 0 Å². The average molecular weight is 505 g/mol. The van der Waals surface area contributed by atoms with Gasteiger partial charge in [0.2, 0.25) is 0 Å². The topological polar surface area (TPSA) is 152 Å². The molecular formula is C19H22FN2O9PS. The second-order valence-electron chi connectivity index (χ2n) is 7.71. The summed E-state index contributed by atoms with van der Waals surface area (Å²) in [5.41, 5.74) is 1.10. The molecule has 0 aliphatic carbocycles. The van der Waals surface area contributed by atoms with Crippen LogP contribution in [-0.4, -0.2) is 49.5 Å². The van der Waals surface area contributed by atoms with E-state index >= 15 is 4.39 Å². The van der Waals surface area contributed by atoms with E-state index in [1.54, 1.807) is 19.1 Å². The van der Waals surface area contributed by atoms with Gasteiger partial charge in [0.15, 0.2) is 6.20 Å². The van der Waals surface area contributed by atoms with E-state index in [-0.39, 0.29) is 22.6 Å². The first-order valence-corrected chi connectivity index (χ1v) is 11.6. The summed E-state index contributed by atoms with van der Waals surface area (Å²) in [6.45, 7) is 1.53. The number of nitrogens with zero attached hydrogens (tertiary/aromatic N) is 1. The Bertz CT molecular complexity index is 1310. The Hall–Kier alpha value is -1.96. The molecule has 0 amide bonds. The van der Waals surface area contributed by atoms with E-state index in [2.05, 4.69) is 4.98 Å². The predicted molar refractivity (Wildman–Crippen MR) is 113 cm³/mol. The molecule has 1 aromatic carbocycles. The Balaban J connectivity index is 1.58. The summed E-state index contributed by atoms with van der Waals surface area (Å²) in [4.78, 5) is 14.5. The van der Waals surface area contributed by atoms with Gasteiger partial charge in [-0.25, -0.2) is 13.8 Å². The normalized spacial score (nSPS) is 33.9. The summed E-state index contributed by atoms with van der Waals surface area (Å²) in [5.74, 6) is -3.04. The highest BCUT2D eigenvalue weighted by atomic mass is 32.1. The molecule has 180 valence electrons. The van der Waals surface area contributed by atoms with Gasteiger partial charge in [-0.15, -0.1) is 0 Å². The first-order chi connectivity index (χ1) is 15.8. The fourth-order valence-corrected chi connectivity index (χ4v) is 5.06. The van der Waals surface area contributed by atoms with E-state index in [1.165, 1.54) is 0 Å². The molecule has 1 unspecified atom stereocenters. The number of hydrogen-bond donors (Lipinski definition) is 4. The number of hydrogen-bond acceptors (Lipinski definition) is 10. The molecule has 2 aromatic rings.